The lowest BCUT2D eigenvalue weighted by atomic mass is 9.97. The summed E-state index contributed by atoms with van der Waals surface area (Å²) in [4.78, 5) is 27.7. The third kappa shape index (κ3) is 5.42. The number of amides is 2. The second-order valence-corrected chi connectivity index (χ2v) is 10.1. The van der Waals surface area contributed by atoms with Crippen LogP contribution in [0.25, 0.3) is 17.3 Å². The summed E-state index contributed by atoms with van der Waals surface area (Å²) in [6.07, 6.45) is 5.03. The number of hydrogen-bond donors (Lipinski definition) is 1. The van der Waals surface area contributed by atoms with E-state index in [4.69, 9.17) is 28.3 Å². The Bertz CT molecular complexity index is 1380. The van der Waals surface area contributed by atoms with Crippen LogP contribution in [0.5, 0.6) is 0 Å². The van der Waals surface area contributed by atoms with E-state index in [1.54, 1.807) is 39.9 Å². The minimum absolute atomic E-state index is 0.129. The first-order valence-electron chi connectivity index (χ1n) is 12.2. The molecule has 2 aliphatic heterocycles. The Morgan fingerprint density at radius 2 is 1.76 bits per heavy atom. The van der Waals surface area contributed by atoms with Gasteiger partial charge in [0.15, 0.2) is 5.69 Å². The summed E-state index contributed by atoms with van der Waals surface area (Å²) in [5.41, 5.74) is 6.57. The Labute approximate surface area is 224 Å². The second kappa shape index (κ2) is 10.7. The van der Waals surface area contributed by atoms with Crippen LogP contribution in [0.3, 0.4) is 0 Å². The van der Waals surface area contributed by atoms with Crippen LogP contribution in [-0.4, -0.2) is 51.1 Å². The van der Waals surface area contributed by atoms with Gasteiger partial charge in [0, 0.05) is 37.1 Å². The van der Waals surface area contributed by atoms with Crippen molar-refractivity contribution in [2.45, 2.75) is 32.7 Å². The molecule has 2 amide bonds. The van der Waals surface area contributed by atoms with Gasteiger partial charge in [0.1, 0.15) is 5.82 Å². The lowest BCUT2D eigenvalue weighted by Crippen LogP contribution is -2.45. The van der Waals surface area contributed by atoms with E-state index in [0.717, 1.165) is 43.5 Å². The summed E-state index contributed by atoms with van der Waals surface area (Å²) in [7, 11) is 0. The number of aromatic nitrogens is 2. The summed E-state index contributed by atoms with van der Waals surface area (Å²) in [6.45, 7) is 3.55. The van der Waals surface area contributed by atoms with E-state index in [9.17, 15) is 14.0 Å². The van der Waals surface area contributed by atoms with Gasteiger partial charge >= 0.3 is 0 Å². The van der Waals surface area contributed by atoms with E-state index in [1.165, 1.54) is 19.1 Å². The van der Waals surface area contributed by atoms with Gasteiger partial charge in [-0.3, -0.25) is 15.0 Å². The highest BCUT2D eigenvalue weighted by molar-refractivity contribution is 6.35. The number of nitrogens with one attached hydrogen (secondary N) is 1. The van der Waals surface area contributed by atoms with Crippen LogP contribution in [-0.2, 0) is 11.3 Å². The number of piperidine rings is 1. The van der Waals surface area contributed by atoms with Crippen molar-refractivity contribution < 1.29 is 14.0 Å². The fourth-order valence-corrected chi connectivity index (χ4v) is 5.25. The smallest absolute Gasteiger partial charge is 0.286 e. The SMILES string of the molecule is CC(=O)N1CC(=Cc2ccc(F)cc2)c2c(c(C(=O)NN3CCCCC3)nn2-c2ccc(Cl)cc2Cl)C1. The molecule has 1 fully saturated rings. The maximum Gasteiger partial charge on any atom is 0.286 e. The number of hydrogen-bond acceptors (Lipinski definition) is 4. The number of halogens is 3. The van der Waals surface area contributed by atoms with Crippen LogP contribution < -0.4 is 5.43 Å². The van der Waals surface area contributed by atoms with Crippen molar-refractivity contribution in [1.82, 2.24) is 25.1 Å². The minimum Gasteiger partial charge on any atom is -0.334 e. The van der Waals surface area contributed by atoms with Crippen molar-refractivity contribution in [3.8, 4) is 5.69 Å². The summed E-state index contributed by atoms with van der Waals surface area (Å²) < 4.78 is 15.2. The molecule has 37 heavy (non-hydrogen) atoms. The molecule has 0 radical (unpaired) electrons. The van der Waals surface area contributed by atoms with Crippen molar-refractivity contribution in [3.05, 3.63) is 80.8 Å². The Morgan fingerprint density at radius 1 is 1.03 bits per heavy atom. The fourth-order valence-electron chi connectivity index (χ4n) is 4.77. The Balaban J connectivity index is 1.67. The van der Waals surface area contributed by atoms with Gasteiger partial charge in [0.05, 0.1) is 22.9 Å². The fraction of sp³-hybridized carbons (Fsp3) is 0.296. The number of fused-ring (bicyclic) bond motifs is 1. The van der Waals surface area contributed by atoms with Crippen LogP contribution in [0.2, 0.25) is 10.0 Å². The topological polar surface area (TPSA) is 70.5 Å². The predicted octanol–water partition coefficient (Wildman–Crippen LogP) is 5.35. The number of hydrazine groups is 1. The zero-order valence-electron chi connectivity index (χ0n) is 20.3. The van der Waals surface area contributed by atoms with Crippen molar-refractivity contribution >= 4 is 46.7 Å². The molecular formula is C27H26Cl2FN5O2. The van der Waals surface area contributed by atoms with E-state index in [0.29, 0.717) is 33.5 Å². The first-order valence-corrected chi connectivity index (χ1v) is 12.9. The molecule has 1 saturated heterocycles. The van der Waals surface area contributed by atoms with Crippen molar-refractivity contribution in [2.24, 2.45) is 0 Å². The molecular weight excluding hydrogens is 516 g/mol. The van der Waals surface area contributed by atoms with Crippen LogP contribution in [0.4, 0.5) is 4.39 Å². The molecule has 0 saturated carbocycles. The molecule has 0 unspecified atom stereocenters. The summed E-state index contributed by atoms with van der Waals surface area (Å²) in [5, 5.41) is 7.49. The molecule has 10 heteroatoms. The highest BCUT2D eigenvalue weighted by Gasteiger charge is 2.33. The normalized spacial score (nSPS) is 17.1. The highest BCUT2D eigenvalue weighted by Crippen LogP contribution is 2.36. The van der Waals surface area contributed by atoms with Crippen LogP contribution in [0.1, 0.15) is 53.5 Å². The molecule has 3 aromatic rings. The van der Waals surface area contributed by atoms with Gasteiger partial charge in [0.2, 0.25) is 5.91 Å². The number of carbonyl (C=O) groups excluding carboxylic acids is 2. The third-order valence-corrected chi connectivity index (χ3v) is 7.16. The predicted molar refractivity (Wildman–Crippen MR) is 142 cm³/mol. The van der Waals surface area contributed by atoms with Crippen LogP contribution >= 0.6 is 23.2 Å². The third-order valence-electron chi connectivity index (χ3n) is 6.62. The van der Waals surface area contributed by atoms with Gasteiger partial charge in [-0.2, -0.15) is 5.10 Å². The Hall–Kier alpha value is -3.20. The molecule has 0 atom stereocenters. The maximum absolute atomic E-state index is 13.6. The van der Waals surface area contributed by atoms with Gasteiger partial charge in [-0.1, -0.05) is 41.8 Å². The van der Waals surface area contributed by atoms with E-state index in [1.807, 2.05) is 11.1 Å². The van der Waals surface area contributed by atoms with E-state index in [2.05, 4.69) is 5.43 Å². The van der Waals surface area contributed by atoms with E-state index in [-0.39, 0.29) is 29.9 Å². The van der Waals surface area contributed by atoms with Gasteiger partial charge < -0.3 is 4.90 Å². The molecule has 0 aliphatic carbocycles. The highest BCUT2D eigenvalue weighted by atomic mass is 35.5. The van der Waals surface area contributed by atoms with E-state index < -0.39 is 0 Å². The molecule has 5 rings (SSSR count). The lowest BCUT2D eigenvalue weighted by Gasteiger charge is -2.30. The van der Waals surface area contributed by atoms with Gasteiger partial charge in [-0.25, -0.2) is 14.1 Å². The van der Waals surface area contributed by atoms with Crippen LogP contribution in [0.15, 0.2) is 42.5 Å². The summed E-state index contributed by atoms with van der Waals surface area (Å²) in [5.74, 6) is -0.810. The molecule has 1 aromatic heterocycles. The molecule has 2 aliphatic rings. The number of nitrogens with zero attached hydrogens (tertiary/aromatic N) is 4. The van der Waals surface area contributed by atoms with Gasteiger partial charge in [0.25, 0.3) is 5.91 Å². The van der Waals surface area contributed by atoms with E-state index >= 15 is 0 Å². The minimum atomic E-state index is -0.341. The van der Waals surface area contributed by atoms with Gasteiger partial charge in [-0.05, 0) is 60.4 Å². The summed E-state index contributed by atoms with van der Waals surface area (Å²) >= 11 is 12.7. The largest absolute Gasteiger partial charge is 0.334 e. The number of benzene rings is 2. The quantitative estimate of drug-likeness (QED) is 0.483. The van der Waals surface area contributed by atoms with Crippen molar-refractivity contribution in [2.75, 3.05) is 19.6 Å². The number of carbonyl (C=O) groups is 2. The molecule has 7 nitrogen and oxygen atoms in total. The Kier molecular flexibility index (Phi) is 7.33. The molecule has 0 bridgehead atoms. The molecule has 2 aromatic carbocycles. The maximum atomic E-state index is 13.6. The first-order chi connectivity index (χ1) is 17.8. The first kappa shape index (κ1) is 25.4. The average Bonchev–Trinajstić information content (AvgIpc) is 3.26. The average molecular weight is 542 g/mol. The lowest BCUT2D eigenvalue weighted by molar-refractivity contribution is -0.128. The van der Waals surface area contributed by atoms with Crippen molar-refractivity contribution in [3.63, 3.8) is 0 Å². The summed E-state index contributed by atoms with van der Waals surface area (Å²) in [6, 6.07) is 11.2. The monoisotopic (exact) mass is 541 g/mol. The molecule has 1 N–H and O–H groups in total. The van der Waals surface area contributed by atoms with Crippen LogP contribution in [0, 0.1) is 5.82 Å². The molecule has 192 valence electrons. The number of rotatable bonds is 4. The zero-order chi connectivity index (χ0) is 26.1. The van der Waals surface area contributed by atoms with Gasteiger partial charge in [-0.15, -0.1) is 0 Å². The second-order valence-electron chi connectivity index (χ2n) is 9.27. The van der Waals surface area contributed by atoms with Crippen molar-refractivity contribution in [1.29, 1.82) is 0 Å². The Morgan fingerprint density at radius 3 is 2.43 bits per heavy atom. The molecule has 0 spiro atoms. The zero-order valence-corrected chi connectivity index (χ0v) is 21.8. The standard InChI is InChI=1S/C27H26Cl2FN5O2/c1-17(36)33-15-19(13-18-5-8-21(30)9-6-18)26-22(16-33)25(27(37)32-34-11-3-2-4-12-34)31-35(26)24-10-7-20(28)14-23(24)29/h5-10,13-14H,2-4,11-12,15-16H2,1H3,(H,32,37). The molecule has 3 heterocycles.